The van der Waals surface area contributed by atoms with Gasteiger partial charge >= 0.3 is 0 Å². The molecule has 3 rings (SSSR count). The molecule has 136 valence electrons. The molecular weight excluding hydrogens is 467 g/mol. The Bertz CT molecular complexity index is 1010. The lowest BCUT2D eigenvalue weighted by Gasteiger charge is -2.13. The van der Waals surface area contributed by atoms with Crippen LogP contribution in [0, 0.1) is 15.2 Å². The molecule has 0 aliphatic heterocycles. The first kappa shape index (κ1) is 18.9. The van der Waals surface area contributed by atoms with E-state index in [2.05, 4.69) is 15.6 Å². The van der Waals surface area contributed by atoms with Gasteiger partial charge in [-0.3, -0.25) is 14.6 Å². The molecule has 27 heavy (non-hydrogen) atoms. The number of halogens is 3. The van der Waals surface area contributed by atoms with Crippen molar-refractivity contribution in [3.05, 3.63) is 87.3 Å². The molecule has 0 saturated heterocycles. The van der Waals surface area contributed by atoms with Crippen molar-refractivity contribution >= 4 is 45.8 Å². The Morgan fingerprint density at radius 1 is 0.852 bits per heavy atom. The fourth-order valence-corrected chi connectivity index (χ4v) is 3.00. The van der Waals surface area contributed by atoms with Gasteiger partial charge in [0.2, 0.25) is 0 Å². The second-order valence-corrected chi connectivity index (χ2v) is 6.60. The predicted octanol–water partition coefficient (Wildman–Crippen LogP) is 4.47. The topological polar surface area (TPSA) is 71.1 Å². The molecule has 2 N–H and O–H groups in total. The lowest BCUT2D eigenvalue weighted by atomic mass is 10.2. The number of amides is 2. The summed E-state index contributed by atoms with van der Waals surface area (Å²) in [5.41, 5.74) is 0.678. The number of aromatic nitrogens is 1. The third-order valence-electron chi connectivity index (χ3n) is 3.55. The van der Waals surface area contributed by atoms with Crippen molar-refractivity contribution < 1.29 is 18.4 Å². The summed E-state index contributed by atoms with van der Waals surface area (Å²) < 4.78 is 27.3. The second kappa shape index (κ2) is 8.21. The van der Waals surface area contributed by atoms with E-state index >= 15 is 0 Å². The van der Waals surface area contributed by atoms with Crippen molar-refractivity contribution in [1.29, 1.82) is 0 Å². The number of carbonyl (C=O) groups is 2. The highest BCUT2D eigenvalue weighted by Crippen LogP contribution is 2.25. The van der Waals surface area contributed by atoms with Crippen LogP contribution in [0.1, 0.15) is 20.8 Å². The number of nitrogens with one attached hydrogen (secondary N) is 2. The largest absolute Gasteiger partial charge is 0.320 e. The van der Waals surface area contributed by atoms with Gasteiger partial charge in [0.15, 0.2) is 0 Å². The van der Waals surface area contributed by atoms with Gasteiger partial charge in [-0.1, -0.05) is 6.07 Å². The molecule has 0 spiro atoms. The summed E-state index contributed by atoms with van der Waals surface area (Å²) in [7, 11) is 0. The van der Waals surface area contributed by atoms with Gasteiger partial charge < -0.3 is 10.6 Å². The number of hydrogen-bond donors (Lipinski definition) is 2. The van der Waals surface area contributed by atoms with Gasteiger partial charge in [-0.25, -0.2) is 8.78 Å². The normalized spacial score (nSPS) is 10.3. The van der Waals surface area contributed by atoms with E-state index in [1.54, 1.807) is 12.1 Å². The number of benzene rings is 2. The van der Waals surface area contributed by atoms with E-state index in [0.717, 1.165) is 18.2 Å². The standard InChI is InChI=1S/C19H12F2IN3O2/c20-11-4-6-13(14(22)9-11)18(26)25-17-10-12(21)5-7-15(17)24-19(27)16-3-1-2-8-23-16/h1-10H,(H,24,27)(H,25,26). The van der Waals surface area contributed by atoms with Crippen LogP contribution in [0.5, 0.6) is 0 Å². The number of carbonyl (C=O) groups excluding carboxylic acids is 2. The van der Waals surface area contributed by atoms with E-state index in [4.69, 9.17) is 0 Å². The zero-order valence-corrected chi connectivity index (χ0v) is 15.8. The fourth-order valence-electron chi connectivity index (χ4n) is 2.28. The molecule has 1 aromatic heterocycles. The summed E-state index contributed by atoms with van der Waals surface area (Å²) in [6.45, 7) is 0. The summed E-state index contributed by atoms with van der Waals surface area (Å²) in [6.07, 6.45) is 1.47. The van der Waals surface area contributed by atoms with Crippen LogP contribution in [0.2, 0.25) is 0 Å². The minimum atomic E-state index is -0.588. The predicted molar refractivity (Wildman–Crippen MR) is 106 cm³/mol. The minimum absolute atomic E-state index is 0.0735. The van der Waals surface area contributed by atoms with Crippen LogP contribution in [0.4, 0.5) is 20.2 Å². The third kappa shape index (κ3) is 4.64. The number of pyridine rings is 1. The maximum atomic E-state index is 13.7. The molecule has 0 saturated carbocycles. The molecule has 1 heterocycles. The van der Waals surface area contributed by atoms with E-state index in [1.807, 2.05) is 22.6 Å². The molecule has 0 fully saturated rings. The highest BCUT2D eigenvalue weighted by Gasteiger charge is 2.16. The van der Waals surface area contributed by atoms with Crippen LogP contribution in [0.15, 0.2) is 60.8 Å². The van der Waals surface area contributed by atoms with Crippen molar-refractivity contribution in [2.24, 2.45) is 0 Å². The smallest absolute Gasteiger partial charge is 0.274 e. The summed E-state index contributed by atoms with van der Waals surface area (Å²) in [5.74, 6) is -2.12. The molecule has 0 bridgehead atoms. The van der Waals surface area contributed by atoms with E-state index in [9.17, 15) is 18.4 Å². The molecule has 0 radical (unpaired) electrons. The first-order valence-corrected chi connectivity index (χ1v) is 8.80. The van der Waals surface area contributed by atoms with Crippen LogP contribution in [0.3, 0.4) is 0 Å². The summed E-state index contributed by atoms with van der Waals surface area (Å²) in [4.78, 5) is 28.7. The molecule has 8 heteroatoms. The van der Waals surface area contributed by atoms with Crippen molar-refractivity contribution in [1.82, 2.24) is 4.98 Å². The average molecular weight is 479 g/mol. The van der Waals surface area contributed by atoms with Gasteiger partial charge in [0.25, 0.3) is 11.8 Å². The number of anilines is 2. The maximum absolute atomic E-state index is 13.7. The van der Waals surface area contributed by atoms with Crippen molar-refractivity contribution in [2.45, 2.75) is 0 Å². The first-order chi connectivity index (χ1) is 12.9. The van der Waals surface area contributed by atoms with Crippen molar-refractivity contribution in [2.75, 3.05) is 10.6 Å². The van der Waals surface area contributed by atoms with E-state index in [0.29, 0.717) is 3.57 Å². The summed E-state index contributed by atoms with van der Waals surface area (Å²) in [5, 5.41) is 5.13. The van der Waals surface area contributed by atoms with Crippen LogP contribution in [0.25, 0.3) is 0 Å². The van der Waals surface area contributed by atoms with Crippen LogP contribution >= 0.6 is 22.6 Å². The fraction of sp³-hybridized carbons (Fsp3) is 0. The highest BCUT2D eigenvalue weighted by molar-refractivity contribution is 14.1. The Morgan fingerprint density at radius 3 is 2.26 bits per heavy atom. The van der Waals surface area contributed by atoms with Crippen LogP contribution < -0.4 is 10.6 Å². The van der Waals surface area contributed by atoms with Gasteiger partial charge in [0, 0.05) is 9.77 Å². The van der Waals surface area contributed by atoms with Gasteiger partial charge in [-0.15, -0.1) is 0 Å². The molecule has 2 aromatic carbocycles. The number of rotatable bonds is 4. The first-order valence-electron chi connectivity index (χ1n) is 7.72. The molecule has 0 unspecified atom stereocenters. The quantitative estimate of drug-likeness (QED) is 0.543. The summed E-state index contributed by atoms with van der Waals surface area (Å²) in [6, 6.07) is 12.1. The highest BCUT2D eigenvalue weighted by atomic mass is 127. The Kier molecular flexibility index (Phi) is 5.75. The Hall–Kier alpha value is -2.88. The number of hydrogen-bond acceptors (Lipinski definition) is 3. The Labute approximate surface area is 167 Å². The molecule has 0 aliphatic carbocycles. The monoisotopic (exact) mass is 479 g/mol. The number of nitrogens with zero attached hydrogens (tertiary/aromatic N) is 1. The molecule has 0 atom stereocenters. The SMILES string of the molecule is O=C(Nc1ccc(F)cc1NC(=O)c1ccc(F)cc1I)c1ccccn1. The minimum Gasteiger partial charge on any atom is -0.320 e. The van der Waals surface area contributed by atoms with Gasteiger partial charge in [-0.05, 0) is 71.1 Å². The Balaban J connectivity index is 1.86. The third-order valence-corrected chi connectivity index (χ3v) is 4.44. The van der Waals surface area contributed by atoms with E-state index in [-0.39, 0.29) is 22.6 Å². The van der Waals surface area contributed by atoms with Gasteiger partial charge in [0.05, 0.1) is 16.9 Å². The van der Waals surface area contributed by atoms with Crippen molar-refractivity contribution in [3.63, 3.8) is 0 Å². The zero-order valence-electron chi connectivity index (χ0n) is 13.7. The summed E-state index contributed by atoms with van der Waals surface area (Å²) >= 11 is 1.83. The van der Waals surface area contributed by atoms with Crippen LogP contribution in [-0.2, 0) is 0 Å². The molecule has 3 aromatic rings. The maximum Gasteiger partial charge on any atom is 0.274 e. The van der Waals surface area contributed by atoms with Gasteiger partial charge in [0.1, 0.15) is 17.3 Å². The molecular formula is C19H12F2IN3O2. The lowest BCUT2D eigenvalue weighted by Crippen LogP contribution is -2.18. The Morgan fingerprint density at radius 2 is 1.56 bits per heavy atom. The average Bonchev–Trinajstić information content (AvgIpc) is 2.64. The molecule has 2 amide bonds. The van der Waals surface area contributed by atoms with E-state index in [1.165, 1.54) is 30.5 Å². The molecule has 5 nitrogen and oxygen atoms in total. The zero-order chi connectivity index (χ0) is 19.4. The van der Waals surface area contributed by atoms with E-state index < -0.39 is 23.4 Å². The van der Waals surface area contributed by atoms with Crippen molar-refractivity contribution in [3.8, 4) is 0 Å². The molecule has 0 aliphatic rings. The lowest BCUT2D eigenvalue weighted by molar-refractivity contribution is 0.101. The second-order valence-electron chi connectivity index (χ2n) is 5.44. The van der Waals surface area contributed by atoms with Crippen LogP contribution in [-0.4, -0.2) is 16.8 Å². The van der Waals surface area contributed by atoms with Gasteiger partial charge in [-0.2, -0.15) is 0 Å².